The van der Waals surface area contributed by atoms with Crippen molar-refractivity contribution in [3.8, 4) is 0 Å². The van der Waals surface area contributed by atoms with E-state index in [9.17, 15) is 4.39 Å². The van der Waals surface area contributed by atoms with Gasteiger partial charge in [0.25, 0.3) is 0 Å². The monoisotopic (exact) mass is 470 g/mol. The van der Waals surface area contributed by atoms with E-state index in [1.807, 2.05) is 12.1 Å². The molecule has 0 aliphatic carbocycles. The summed E-state index contributed by atoms with van der Waals surface area (Å²) < 4.78 is 13.8. The van der Waals surface area contributed by atoms with Crippen LogP contribution in [-0.4, -0.2) is 47.6 Å². The van der Waals surface area contributed by atoms with Crippen LogP contribution in [-0.2, 0) is 0 Å². The normalized spacial score (nSPS) is 14.6. The summed E-state index contributed by atoms with van der Waals surface area (Å²) in [5.41, 5.74) is 2.89. The van der Waals surface area contributed by atoms with Gasteiger partial charge in [0.2, 0.25) is 5.95 Å². The lowest BCUT2D eigenvalue weighted by molar-refractivity contribution is 0.271. The Kier molecular flexibility index (Phi) is 6.44. The third-order valence-corrected chi connectivity index (χ3v) is 5.74. The molecule has 156 valence electrons. The summed E-state index contributed by atoms with van der Waals surface area (Å²) in [6.45, 7) is 7.63. The van der Waals surface area contributed by atoms with Crippen molar-refractivity contribution < 1.29 is 4.39 Å². The molecule has 0 saturated carbocycles. The number of piperazine rings is 1. The van der Waals surface area contributed by atoms with E-state index in [1.54, 1.807) is 18.3 Å². The Balaban J connectivity index is 1.42. The first-order valence-corrected chi connectivity index (χ1v) is 10.8. The highest BCUT2D eigenvalue weighted by Crippen LogP contribution is 2.26. The van der Waals surface area contributed by atoms with Crippen LogP contribution in [0.1, 0.15) is 6.92 Å². The molecule has 1 aliphatic rings. The van der Waals surface area contributed by atoms with Crippen molar-refractivity contribution in [1.82, 2.24) is 14.9 Å². The summed E-state index contributed by atoms with van der Waals surface area (Å²) in [6, 6.07) is 14.5. The maximum atomic E-state index is 13.1. The molecule has 1 aromatic heterocycles. The second-order valence-corrected chi connectivity index (χ2v) is 7.97. The lowest BCUT2D eigenvalue weighted by Crippen LogP contribution is -2.46. The van der Waals surface area contributed by atoms with Gasteiger partial charge in [0.1, 0.15) is 11.6 Å². The van der Waals surface area contributed by atoms with Crippen LogP contribution in [0.4, 0.5) is 33.2 Å². The standard InChI is InChI=1S/C22H24BrFN6/c1-2-29-11-13-30(14-12-29)19-9-7-18(8-10-19)27-22-25-15-20(23)21(28-22)26-17-5-3-16(24)4-6-17/h3-10,15H,2,11-14H2,1H3,(H2,25,26,27,28). The van der Waals surface area contributed by atoms with E-state index < -0.39 is 0 Å². The molecule has 6 nitrogen and oxygen atoms in total. The summed E-state index contributed by atoms with van der Waals surface area (Å²) >= 11 is 3.45. The molecule has 30 heavy (non-hydrogen) atoms. The average molecular weight is 471 g/mol. The van der Waals surface area contributed by atoms with E-state index >= 15 is 0 Å². The molecule has 0 spiro atoms. The van der Waals surface area contributed by atoms with Gasteiger partial charge in [-0.3, -0.25) is 0 Å². The van der Waals surface area contributed by atoms with E-state index in [1.165, 1.54) is 17.8 Å². The first-order valence-electron chi connectivity index (χ1n) is 10.0. The molecular formula is C22H24BrFN6. The van der Waals surface area contributed by atoms with Crippen LogP contribution in [0.5, 0.6) is 0 Å². The number of benzene rings is 2. The zero-order valence-corrected chi connectivity index (χ0v) is 18.4. The summed E-state index contributed by atoms with van der Waals surface area (Å²) in [4.78, 5) is 13.7. The van der Waals surface area contributed by atoms with Crippen molar-refractivity contribution in [1.29, 1.82) is 0 Å². The van der Waals surface area contributed by atoms with Crippen molar-refractivity contribution in [3.05, 3.63) is 65.0 Å². The van der Waals surface area contributed by atoms with Gasteiger partial charge >= 0.3 is 0 Å². The van der Waals surface area contributed by atoms with E-state index in [2.05, 4.69) is 65.4 Å². The zero-order chi connectivity index (χ0) is 20.9. The number of hydrogen-bond donors (Lipinski definition) is 2. The van der Waals surface area contributed by atoms with Crippen LogP contribution in [0.15, 0.2) is 59.2 Å². The number of hydrogen-bond acceptors (Lipinski definition) is 6. The maximum absolute atomic E-state index is 13.1. The van der Waals surface area contributed by atoms with Gasteiger partial charge in [-0.15, -0.1) is 0 Å². The molecule has 1 saturated heterocycles. The Labute approximate surface area is 184 Å². The van der Waals surface area contributed by atoms with Crippen LogP contribution in [0.25, 0.3) is 0 Å². The lowest BCUT2D eigenvalue weighted by Gasteiger charge is -2.35. The van der Waals surface area contributed by atoms with Crippen LogP contribution in [0.3, 0.4) is 0 Å². The molecule has 8 heteroatoms. The summed E-state index contributed by atoms with van der Waals surface area (Å²) in [5.74, 6) is 0.803. The molecule has 2 aromatic carbocycles. The number of aromatic nitrogens is 2. The van der Waals surface area contributed by atoms with Gasteiger partial charge < -0.3 is 20.4 Å². The molecule has 0 atom stereocenters. The van der Waals surface area contributed by atoms with Crippen molar-refractivity contribution in [2.24, 2.45) is 0 Å². The minimum Gasteiger partial charge on any atom is -0.369 e. The predicted molar refractivity (Wildman–Crippen MR) is 123 cm³/mol. The van der Waals surface area contributed by atoms with Gasteiger partial charge in [-0.1, -0.05) is 6.92 Å². The Morgan fingerprint density at radius 1 is 0.933 bits per heavy atom. The molecule has 0 unspecified atom stereocenters. The van der Waals surface area contributed by atoms with Crippen LogP contribution < -0.4 is 15.5 Å². The van der Waals surface area contributed by atoms with Crippen LogP contribution in [0.2, 0.25) is 0 Å². The second kappa shape index (κ2) is 9.40. The predicted octanol–water partition coefficient (Wildman–Crippen LogP) is 5.01. The van der Waals surface area contributed by atoms with Crippen molar-refractivity contribution >= 4 is 44.8 Å². The summed E-state index contributed by atoms with van der Waals surface area (Å²) in [6.07, 6.45) is 1.68. The topological polar surface area (TPSA) is 56.3 Å². The molecule has 0 radical (unpaired) electrons. The number of nitrogens with zero attached hydrogens (tertiary/aromatic N) is 4. The Bertz CT molecular complexity index is 972. The van der Waals surface area contributed by atoms with E-state index in [0.717, 1.165) is 48.6 Å². The fourth-order valence-electron chi connectivity index (χ4n) is 3.39. The molecule has 1 aliphatic heterocycles. The van der Waals surface area contributed by atoms with Gasteiger partial charge in [-0.25, -0.2) is 9.37 Å². The number of anilines is 5. The minimum atomic E-state index is -0.277. The van der Waals surface area contributed by atoms with E-state index in [0.29, 0.717) is 11.8 Å². The SMILES string of the molecule is CCN1CCN(c2ccc(Nc3ncc(Br)c(Nc4ccc(F)cc4)n3)cc2)CC1. The fraction of sp³-hybridized carbons (Fsp3) is 0.273. The second-order valence-electron chi connectivity index (χ2n) is 7.12. The van der Waals surface area contributed by atoms with E-state index in [-0.39, 0.29) is 5.82 Å². The van der Waals surface area contributed by atoms with Gasteiger partial charge in [0.05, 0.1) is 4.47 Å². The molecule has 2 N–H and O–H groups in total. The molecule has 0 bridgehead atoms. The van der Waals surface area contributed by atoms with Crippen LogP contribution >= 0.6 is 15.9 Å². The number of halogens is 2. The number of likely N-dealkylation sites (N-methyl/N-ethyl adjacent to an activating group) is 1. The molecule has 4 rings (SSSR count). The number of rotatable bonds is 6. The molecule has 0 amide bonds. The average Bonchev–Trinajstić information content (AvgIpc) is 2.78. The first-order chi connectivity index (χ1) is 14.6. The highest BCUT2D eigenvalue weighted by Gasteiger charge is 2.15. The first kappa shape index (κ1) is 20.6. The lowest BCUT2D eigenvalue weighted by atomic mass is 10.2. The van der Waals surface area contributed by atoms with Gasteiger partial charge in [-0.2, -0.15) is 4.98 Å². The summed E-state index contributed by atoms with van der Waals surface area (Å²) in [5, 5.41) is 6.41. The van der Waals surface area contributed by atoms with Gasteiger partial charge in [0, 0.05) is 49.4 Å². The molecule has 2 heterocycles. The smallest absolute Gasteiger partial charge is 0.229 e. The number of nitrogens with one attached hydrogen (secondary N) is 2. The third-order valence-electron chi connectivity index (χ3n) is 5.16. The minimum absolute atomic E-state index is 0.277. The molecule has 3 aromatic rings. The summed E-state index contributed by atoms with van der Waals surface area (Å²) in [7, 11) is 0. The van der Waals surface area contributed by atoms with E-state index in [4.69, 9.17) is 0 Å². The largest absolute Gasteiger partial charge is 0.369 e. The Morgan fingerprint density at radius 3 is 2.23 bits per heavy atom. The van der Waals surface area contributed by atoms with Gasteiger partial charge in [-0.05, 0) is 71.0 Å². The van der Waals surface area contributed by atoms with Crippen molar-refractivity contribution in [3.63, 3.8) is 0 Å². The molecular weight excluding hydrogens is 447 g/mol. The zero-order valence-electron chi connectivity index (χ0n) is 16.8. The Morgan fingerprint density at radius 2 is 1.57 bits per heavy atom. The molecule has 1 fully saturated rings. The fourth-order valence-corrected chi connectivity index (χ4v) is 3.68. The third kappa shape index (κ3) is 5.06. The quantitative estimate of drug-likeness (QED) is 0.528. The van der Waals surface area contributed by atoms with Crippen LogP contribution in [0, 0.1) is 5.82 Å². The van der Waals surface area contributed by atoms with Crippen molar-refractivity contribution in [2.45, 2.75) is 6.92 Å². The highest BCUT2D eigenvalue weighted by atomic mass is 79.9. The maximum Gasteiger partial charge on any atom is 0.229 e. The highest BCUT2D eigenvalue weighted by molar-refractivity contribution is 9.10. The Hall–Kier alpha value is -2.71. The van der Waals surface area contributed by atoms with Gasteiger partial charge in [0.15, 0.2) is 0 Å². The van der Waals surface area contributed by atoms with Crippen molar-refractivity contribution in [2.75, 3.05) is 48.3 Å².